The van der Waals surface area contributed by atoms with Crippen molar-refractivity contribution in [3.8, 4) is 24.0 Å². The maximum absolute atomic E-state index is 5.45. The lowest BCUT2D eigenvalue weighted by Gasteiger charge is -2.14. The van der Waals surface area contributed by atoms with Crippen molar-refractivity contribution < 1.29 is 9.47 Å². The van der Waals surface area contributed by atoms with E-state index in [4.69, 9.17) is 15.9 Å². The number of ether oxygens (including phenoxy) is 2. The monoisotopic (exact) mass is 235 g/mol. The van der Waals surface area contributed by atoms with Gasteiger partial charge in [0, 0.05) is 6.54 Å². The van der Waals surface area contributed by atoms with Crippen LogP contribution < -0.4 is 14.8 Å². The first-order valence-electron chi connectivity index (χ1n) is 5.48. The zero-order valence-electron chi connectivity index (χ0n) is 10.4. The molecule has 0 amide bonds. The molecule has 5 nitrogen and oxygen atoms in total. The lowest BCUT2D eigenvalue weighted by molar-refractivity contribution is 0.250. The van der Waals surface area contributed by atoms with E-state index in [1.54, 1.807) is 14.0 Å². The second-order valence-corrected chi connectivity index (χ2v) is 3.41. The molecule has 1 atom stereocenters. The summed E-state index contributed by atoms with van der Waals surface area (Å²) >= 11 is 0. The Kier molecular flexibility index (Phi) is 5.08. The summed E-state index contributed by atoms with van der Waals surface area (Å²) in [6, 6.07) is 0. The van der Waals surface area contributed by atoms with Crippen LogP contribution in [0.1, 0.15) is 20.3 Å². The fraction of sp³-hybridized carbons (Fsp3) is 0.500. The van der Waals surface area contributed by atoms with Crippen LogP contribution in [-0.2, 0) is 0 Å². The van der Waals surface area contributed by atoms with Crippen molar-refractivity contribution in [3.05, 3.63) is 6.33 Å². The normalized spacial score (nSPS) is 11.4. The van der Waals surface area contributed by atoms with Crippen LogP contribution in [0.3, 0.4) is 0 Å². The highest BCUT2D eigenvalue weighted by molar-refractivity contribution is 5.55. The SMILES string of the molecule is C#CC(C)Oc1ncnc(NCCC)c1OC. The van der Waals surface area contributed by atoms with Crippen molar-refractivity contribution in [2.24, 2.45) is 0 Å². The van der Waals surface area contributed by atoms with E-state index in [0.29, 0.717) is 17.4 Å². The predicted octanol–water partition coefficient (Wildman–Crippen LogP) is 1.71. The van der Waals surface area contributed by atoms with Crippen LogP contribution in [0.15, 0.2) is 6.33 Å². The Bertz CT molecular complexity index is 401. The molecule has 0 bridgehead atoms. The molecule has 0 aliphatic carbocycles. The Morgan fingerprint density at radius 3 is 2.88 bits per heavy atom. The van der Waals surface area contributed by atoms with E-state index in [9.17, 15) is 0 Å². The molecule has 1 heterocycles. The minimum atomic E-state index is -0.363. The third-order valence-electron chi connectivity index (χ3n) is 2.04. The molecule has 0 aromatic carbocycles. The van der Waals surface area contributed by atoms with Gasteiger partial charge in [-0.15, -0.1) is 6.42 Å². The quantitative estimate of drug-likeness (QED) is 0.761. The fourth-order valence-electron chi connectivity index (χ4n) is 1.20. The van der Waals surface area contributed by atoms with Gasteiger partial charge in [0.1, 0.15) is 6.33 Å². The van der Waals surface area contributed by atoms with Crippen molar-refractivity contribution in [1.82, 2.24) is 9.97 Å². The molecule has 0 fully saturated rings. The molecule has 0 saturated heterocycles. The first kappa shape index (κ1) is 13.1. The van der Waals surface area contributed by atoms with Gasteiger partial charge >= 0.3 is 0 Å². The number of methoxy groups -OCH3 is 1. The van der Waals surface area contributed by atoms with Crippen LogP contribution in [0.25, 0.3) is 0 Å². The molecule has 92 valence electrons. The Balaban J connectivity index is 2.93. The van der Waals surface area contributed by atoms with E-state index in [2.05, 4.69) is 28.1 Å². The number of hydrogen-bond acceptors (Lipinski definition) is 5. The Hall–Kier alpha value is -1.96. The second kappa shape index (κ2) is 6.59. The number of anilines is 1. The van der Waals surface area contributed by atoms with Crippen molar-refractivity contribution in [2.45, 2.75) is 26.4 Å². The van der Waals surface area contributed by atoms with Gasteiger partial charge in [0.25, 0.3) is 5.88 Å². The van der Waals surface area contributed by atoms with E-state index in [1.807, 2.05) is 0 Å². The molecule has 0 spiro atoms. The van der Waals surface area contributed by atoms with E-state index in [-0.39, 0.29) is 6.10 Å². The summed E-state index contributed by atoms with van der Waals surface area (Å²) in [6.07, 6.45) is 7.30. The first-order chi connectivity index (χ1) is 8.22. The van der Waals surface area contributed by atoms with Gasteiger partial charge in [-0.25, -0.2) is 4.98 Å². The number of hydrogen-bond donors (Lipinski definition) is 1. The smallest absolute Gasteiger partial charge is 0.263 e. The van der Waals surface area contributed by atoms with E-state index >= 15 is 0 Å². The molecule has 17 heavy (non-hydrogen) atoms. The third kappa shape index (κ3) is 3.52. The van der Waals surface area contributed by atoms with Crippen molar-refractivity contribution in [3.63, 3.8) is 0 Å². The molecule has 1 aromatic rings. The summed E-state index contributed by atoms with van der Waals surface area (Å²) in [7, 11) is 1.54. The molecule has 1 rings (SSSR count). The zero-order chi connectivity index (χ0) is 12.7. The zero-order valence-corrected chi connectivity index (χ0v) is 10.4. The van der Waals surface area contributed by atoms with Gasteiger partial charge in [0.15, 0.2) is 11.9 Å². The van der Waals surface area contributed by atoms with Crippen LogP contribution in [0, 0.1) is 12.3 Å². The molecule has 5 heteroatoms. The van der Waals surface area contributed by atoms with Gasteiger partial charge in [-0.1, -0.05) is 12.8 Å². The molecule has 1 unspecified atom stereocenters. The van der Waals surface area contributed by atoms with Gasteiger partial charge in [0.05, 0.1) is 7.11 Å². The number of terminal acetylenes is 1. The minimum absolute atomic E-state index is 0.353. The van der Waals surface area contributed by atoms with Crippen molar-refractivity contribution in [1.29, 1.82) is 0 Å². The van der Waals surface area contributed by atoms with E-state index in [0.717, 1.165) is 13.0 Å². The Morgan fingerprint density at radius 1 is 1.53 bits per heavy atom. The number of rotatable bonds is 6. The number of nitrogens with zero attached hydrogens (tertiary/aromatic N) is 2. The molecule has 0 aliphatic rings. The standard InChI is InChI=1S/C12H17N3O2/c1-5-7-13-11-10(16-4)12(15-8-14-11)17-9(3)6-2/h2,8-9H,5,7H2,1,3-4H3,(H,13,14,15). The van der Waals surface area contributed by atoms with Crippen molar-refractivity contribution >= 4 is 5.82 Å². The molecule has 1 N–H and O–H groups in total. The highest BCUT2D eigenvalue weighted by Crippen LogP contribution is 2.31. The topological polar surface area (TPSA) is 56.3 Å². The second-order valence-electron chi connectivity index (χ2n) is 3.41. The van der Waals surface area contributed by atoms with Crippen LogP contribution in [0.2, 0.25) is 0 Å². The summed E-state index contributed by atoms with van der Waals surface area (Å²) in [6.45, 7) is 4.64. The van der Waals surface area contributed by atoms with E-state index < -0.39 is 0 Å². The first-order valence-corrected chi connectivity index (χ1v) is 5.48. The average Bonchev–Trinajstić information content (AvgIpc) is 2.36. The maximum atomic E-state index is 5.45. The van der Waals surface area contributed by atoms with Crippen LogP contribution in [0.5, 0.6) is 11.6 Å². The number of aromatic nitrogens is 2. The molecular formula is C12H17N3O2. The maximum Gasteiger partial charge on any atom is 0.263 e. The van der Waals surface area contributed by atoms with E-state index in [1.165, 1.54) is 6.33 Å². The summed E-state index contributed by atoms with van der Waals surface area (Å²) in [5, 5.41) is 3.14. The van der Waals surface area contributed by atoms with Gasteiger partial charge in [-0.05, 0) is 13.3 Å². The highest BCUT2D eigenvalue weighted by Gasteiger charge is 2.14. The Morgan fingerprint density at radius 2 is 2.29 bits per heavy atom. The molecule has 1 aromatic heterocycles. The van der Waals surface area contributed by atoms with Crippen LogP contribution >= 0.6 is 0 Å². The van der Waals surface area contributed by atoms with Gasteiger partial charge in [-0.3, -0.25) is 0 Å². The fourth-order valence-corrected chi connectivity index (χ4v) is 1.20. The van der Waals surface area contributed by atoms with Crippen LogP contribution in [-0.4, -0.2) is 29.7 Å². The highest BCUT2D eigenvalue weighted by atomic mass is 16.5. The predicted molar refractivity (Wildman–Crippen MR) is 66.3 cm³/mol. The lowest BCUT2D eigenvalue weighted by atomic mass is 10.4. The van der Waals surface area contributed by atoms with Gasteiger partial charge < -0.3 is 14.8 Å². The van der Waals surface area contributed by atoms with Gasteiger partial charge in [0.2, 0.25) is 5.75 Å². The van der Waals surface area contributed by atoms with Crippen molar-refractivity contribution in [2.75, 3.05) is 19.0 Å². The third-order valence-corrected chi connectivity index (χ3v) is 2.04. The molecular weight excluding hydrogens is 218 g/mol. The molecule has 0 saturated carbocycles. The average molecular weight is 235 g/mol. The minimum Gasteiger partial charge on any atom is -0.489 e. The summed E-state index contributed by atoms with van der Waals surface area (Å²) in [4.78, 5) is 8.11. The molecule has 0 aliphatic heterocycles. The largest absolute Gasteiger partial charge is 0.489 e. The molecule has 0 radical (unpaired) electrons. The van der Waals surface area contributed by atoms with Crippen LogP contribution in [0.4, 0.5) is 5.82 Å². The lowest BCUT2D eigenvalue weighted by Crippen LogP contribution is -2.12. The summed E-state index contributed by atoms with van der Waals surface area (Å²) in [5.41, 5.74) is 0. The summed E-state index contributed by atoms with van der Waals surface area (Å²) in [5.74, 6) is 3.91. The number of nitrogens with one attached hydrogen (secondary N) is 1. The van der Waals surface area contributed by atoms with Gasteiger partial charge in [-0.2, -0.15) is 4.98 Å². The Labute approximate surface area is 102 Å². The summed E-state index contributed by atoms with van der Waals surface area (Å²) < 4.78 is 10.7.